The van der Waals surface area contributed by atoms with Crippen LogP contribution in [-0.2, 0) is 0 Å². The zero-order chi connectivity index (χ0) is 14.9. The van der Waals surface area contributed by atoms with E-state index < -0.39 is 28.1 Å². The van der Waals surface area contributed by atoms with Crippen LogP contribution in [0.5, 0.6) is 0 Å². The van der Waals surface area contributed by atoms with Crippen molar-refractivity contribution in [2.75, 3.05) is 0 Å². The Hall–Kier alpha value is -3.23. The smallest absolute Gasteiger partial charge is 0.355 e. The fourth-order valence-corrected chi connectivity index (χ4v) is 1.69. The van der Waals surface area contributed by atoms with Crippen LogP contribution < -0.4 is 0 Å². The molecule has 0 atom stereocenters. The number of benzene rings is 1. The highest BCUT2D eigenvalue weighted by Gasteiger charge is 2.26. The van der Waals surface area contributed by atoms with E-state index in [4.69, 9.17) is 10.2 Å². The lowest BCUT2D eigenvalue weighted by molar-refractivity contribution is -0.384. The van der Waals surface area contributed by atoms with Crippen molar-refractivity contribution in [2.24, 2.45) is 0 Å². The number of aromatic nitrogens is 2. The molecule has 0 fully saturated rings. The minimum Gasteiger partial charge on any atom is -0.478 e. The van der Waals surface area contributed by atoms with Gasteiger partial charge < -0.3 is 10.2 Å². The van der Waals surface area contributed by atoms with Gasteiger partial charge in [-0.3, -0.25) is 10.1 Å². The molecule has 2 N–H and O–H groups in total. The van der Waals surface area contributed by atoms with E-state index in [0.29, 0.717) is 0 Å². The van der Waals surface area contributed by atoms with Gasteiger partial charge in [-0.2, -0.15) is 5.10 Å². The minimum atomic E-state index is -1.54. The van der Waals surface area contributed by atoms with Gasteiger partial charge in [-0.25, -0.2) is 14.3 Å². The molecule has 20 heavy (non-hydrogen) atoms. The molecule has 0 amide bonds. The van der Waals surface area contributed by atoms with Crippen molar-refractivity contribution in [1.82, 2.24) is 9.78 Å². The molecule has 0 radical (unpaired) electrons. The first-order valence-corrected chi connectivity index (χ1v) is 5.22. The molecule has 1 aromatic heterocycles. The number of rotatable bonds is 4. The second-order valence-corrected chi connectivity index (χ2v) is 3.67. The highest BCUT2D eigenvalue weighted by molar-refractivity contribution is 6.00. The lowest BCUT2D eigenvalue weighted by atomic mass is 10.2. The Balaban J connectivity index is 2.74. The van der Waals surface area contributed by atoms with Crippen molar-refractivity contribution in [3.63, 3.8) is 0 Å². The van der Waals surface area contributed by atoms with E-state index in [-0.39, 0.29) is 11.4 Å². The molecular formula is C11H7N3O6. The third kappa shape index (κ3) is 2.07. The molecule has 2 rings (SSSR count). The fourth-order valence-electron chi connectivity index (χ4n) is 1.69. The molecule has 0 aliphatic rings. The van der Waals surface area contributed by atoms with E-state index >= 15 is 0 Å². The van der Waals surface area contributed by atoms with Crippen LogP contribution in [0.4, 0.5) is 5.69 Å². The molecule has 0 spiro atoms. The van der Waals surface area contributed by atoms with Crippen molar-refractivity contribution in [3.8, 4) is 5.69 Å². The molecule has 9 nitrogen and oxygen atoms in total. The number of nitro benzene ring substituents is 1. The maximum absolute atomic E-state index is 11.2. The van der Waals surface area contributed by atoms with E-state index in [1.807, 2.05) is 0 Å². The predicted octanol–water partition coefficient (Wildman–Crippen LogP) is 1.18. The van der Waals surface area contributed by atoms with Crippen LogP contribution in [0.15, 0.2) is 30.5 Å². The Morgan fingerprint density at radius 1 is 1.20 bits per heavy atom. The first-order chi connectivity index (χ1) is 9.43. The highest BCUT2D eigenvalue weighted by atomic mass is 16.6. The first-order valence-electron chi connectivity index (χ1n) is 5.22. The van der Waals surface area contributed by atoms with Gasteiger partial charge in [0.05, 0.1) is 11.1 Å². The lowest BCUT2D eigenvalue weighted by Gasteiger charge is -2.05. The zero-order valence-electron chi connectivity index (χ0n) is 9.76. The fraction of sp³-hybridized carbons (Fsp3) is 0. The van der Waals surface area contributed by atoms with Gasteiger partial charge in [0.25, 0.3) is 5.69 Å². The summed E-state index contributed by atoms with van der Waals surface area (Å²) >= 11 is 0. The van der Waals surface area contributed by atoms with Gasteiger partial charge in [0.15, 0.2) is 5.69 Å². The number of hydrogen-bond acceptors (Lipinski definition) is 5. The van der Waals surface area contributed by atoms with E-state index in [1.165, 1.54) is 24.3 Å². The van der Waals surface area contributed by atoms with Crippen LogP contribution in [0.25, 0.3) is 5.69 Å². The Kier molecular flexibility index (Phi) is 3.17. The summed E-state index contributed by atoms with van der Waals surface area (Å²) in [4.78, 5) is 32.3. The van der Waals surface area contributed by atoms with E-state index in [9.17, 15) is 19.7 Å². The molecule has 0 saturated carbocycles. The van der Waals surface area contributed by atoms with Crippen LogP contribution in [0.2, 0.25) is 0 Å². The Labute approximate surface area is 110 Å². The van der Waals surface area contributed by atoms with Gasteiger partial charge >= 0.3 is 11.9 Å². The second kappa shape index (κ2) is 4.80. The second-order valence-electron chi connectivity index (χ2n) is 3.67. The number of nitrogens with zero attached hydrogens (tertiary/aromatic N) is 3. The summed E-state index contributed by atoms with van der Waals surface area (Å²) in [6.07, 6.45) is 0.836. The van der Waals surface area contributed by atoms with Crippen LogP contribution in [0.3, 0.4) is 0 Å². The zero-order valence-corrected chi connectivity index (χ0v) is 9.76. The molecule has 2 aromatic rings. The normalized spacial score (nSPS) is 10.2. The number of para-hydroxylation sites is 2. The SMILES string of the molecule is O=C(O)c1cnn(-c2ccccc2[N+](=O)[O-])c1C(=O)O. The molecule has 0 bridgehead atoms. The molecule has 9 heteroatoms. The summed E-state index contributed by atoms with van der Waals surface area (Å²) in [7, 11) is 0. The van der Waals surface area contributed by atoms with Crippen molar-refractivity contribution in [1.29, 1.82) is 0 Å². The summed E-state index contributed by atoms with van der Waals surface area (Å²) in [6, 6.07) is 5.31. The van der Waals surface area contributed by atoms with Gasteiger partial charge in [0.1, 0.15) is 11.3 Å². The number of carbonyl (C=O) groups is 2. The Bertz CT molecular complexity index is 721. The van der Waals surface area contributed by atoms with Gasteiger partial charge in [0, 0.05) is 6.07 Å². The van der Waals surface area contributed by atoms with Crippen molar-refractivity contribution in [3.05, 3.63) is 51.8 Å². The third-order valence-corrected chi connectivity index (χ3v) is 2.51. The number of aromatic carboxylic acids is 2. The molecular weight excluding hydrogens is 270 g/mol. The molecule has 1 aromatic carbocycles. The Morgan fingerprint density at radius 2 is 1.85 bits per heavy atom. The average Bonchev–Trinajstić information content (AvgIpc) is 2.83. The number of nitro groups is 1. The van der Waals surface area contributed by atoms with Gasteiger partial charge in [-0.1, -0.05) is 12.1 Å². The lowest BCUT2D eigenvalue weighted by Crippen LogP contribution is -2.13. The Morgan fingerprint density at radius 3 is 2.40 bits per heavy atom. The highest BCUT2D eigenvalue weighted by Crippen LogP contribution is 2.24. The van der Waals surface area contributed by atoms with E-state index in [2.05, 4.69) is 5.10 Å². The molecule has 0 saturated heterocycles. The third-order valence-electron chi connectivity index (χ3n) is 2.51. The largest absolute Gasteiger partial charge is 0.478 e. The maximum Gasteiger partial charge on any atom is 0.355 e. The number of carboxylic acid groups (broad SMARTS) is 2. The summed E-state index contributed by atoms with van der Waals surface area (Å²) in [5, 5.41) is 32.5. The van der Waals surface area contributed by atoms with Crippen molar-refractivity contribution >= 4 is 17.6 Å². The standard InChI is InChI=1S/C11H7N3O6/c15-10(16)6-5-12-13(9(6)11(17)18)7-3-1-2-4-8(7)14(19)20/h1-5H,(H,15,16)(H,17,18). The first kappa shape index (κ1) is 13.2. The van der Waals surface area contributed by atoms with Gasteiger partial charge in [-0.15, -0.1) is 0 Å². The molecule has 0 aliphatic carbocycles. The summed E-state index contributed by atoms with van der Waals surface area (Å²) in [5.41, 5.74) is -1.69. The van der Waals surface area contributed by atoms with E-state index in [1.54, 1.807) is 0 Å². The van der Waals surface area contributed by atoms with Crippen molar-refractivity contribution in [2.45, 2.75) is 0 Å². The molecule has 102 valence electrons. The number of hydrogen-bond donors (Lipinski definition) is 2. The van der Waals surface area contributed by atoms with Crippen LogP contribution in [0.1, 0.15) is 20.8 Å². The molecule has 0 unspecified atom stereocenters. The van der Waals surface area contributed by atoms with Crippen molar-refractivity contribution < 1.29 is 24.7 Å². The van der Waals surface area contributed by atoms with Crippen LogP contribution in [-0.4, -0.2) is 36.9 Å². The monoisotopic (exact) mass is 277 g/mol. The van der Waals surface area contributed by atoms with Crippen LogP contribution >= 0.6 is 0 Å². The summed E-state index contributed by atoms with van der Waals surface area (Å²) < 4.78 is 0.726. The predicted molar refractivity (Wildman–Crippen MR) is 64.1 cm³/mol. The molecule has 1 heterocycles. The molecule has 0 aliphatic heterocycles. The average molecular weight is 277 g/mol. The summed E-state index contributed by atoms with van der Waals surface area (Å²) in [6.45, 7) is 0. The van der Waals surface area contributed by atoms with Crippen LogP contribution in [0, 0.1) is 10.1 Å². The van der Waals surface area contributed by atoms with Gasteiger partial charge in [-0.05, 0) is 6.07 Å². The quantitative estimate of drug-likeness (QED) is 0.632. The number of carboxylic acids is 2. The van der Waals surface area contributed by atoms with Gasteiger partial charge in [0.2, 0.25) is 0 Å². The van der Waals surface area contributed by atoms with E-state index in [0.717, 1.165) is 10.9 Å². The maximum atomic E-state index is 11.2. The topological polar surface area (TPSA) is 136 Å². The summed E-state index contributed by atoms with van der Waals surface area (Å²) in [5.74, 6) is -3.02. The minimum absolute atomic E-state index is 0.123.